The molecule has 2 rings (SSSR count). The third kappa shape index (κ3) is 4.17. The van der Waals surface area contributed by atoms with Crippen LogP contribution < -0.4 is 5.32 Å². The number of hydrogen-bond acceptors (Lipinski definition) is 2. The van der Waals surface area contributed by atoms with E-state index in [9.17, 15) is 0 Å². The van der Waals surface area contributed by atoms with Crippen molar-refractivity contribution in [3.63, 3.8) is 0 Å². The smallest absolute Gasteiger partial charge is 0.0166 e. The molecule has 1 nitrogen and oxygen atoms in total. The van der Waals surface area contributed by atoms with E-state index in [1.165, 1.54) is 50.0 Å². The first-order chi connectivity index (χ1) is 8.07. The topological polar surface area (TPSA) is 12.0 Å². The number of nitrogens with one attached hydrogen (secondary N) is 1. The average Bonchev–Trinajstić information content (AvgIpc) is 2.43. The van der Waals surface area contributed by atoms with E-state index in [1.54, 1.807) is 0 Å². The minimum Gasteiger partial charge on any atom is -0.310 e. The highest BCUT2D eigenvalue weighted by Gasteiger charge is 2.30. The van der Waals surface area contributed by atoms with Gasteiger partial charge in [-0.2, -0.15) is 11.8 Å². The van der Waals surface area contributed by atoms with E-state index in [-0.39, 0.29) is 0 Å². The first-order valence-electron chi connectivity index (χ1n) is 7.41. The molecule has 0 aromatic carbocycles. The Bertz CT molecular complexity index is 239. The molecule has 1 heterocycles. The van der Waals surface area contributed by atoms with Gasteiger partial charge in [0.1, 0.15) is 0 Å². The Morgan fingerprint density at radius 1 is 1.12 bits per heavy atom. The summed E-state index contributed by atoms with van der Waals surface area (Å²) in [6.45, 7) is 7.29. The van der Waals surface area contributed by atoms with E-state index >= 15 is 0 Å². The Morgan fingerprint density at radius 2 is 1.88 bits per heavy atom. The van der Waals surface area contributed by atoms with Crippen LogP contribution in [0.15, 0.2) is 0 Å². The van der Waals surface area contributed by atoms with Gasteiger partial charge < -0.3 is 5.32 Å². The molecule has 0 amide bonds. The normalized spacial score (nSPS) is 38.6. The molecule has 1 N–H and O–H groups in total. The zero-order chi connectivity index (χ0) is 12.3. The molecule has 0 bridgehead atoms. The van der Waals surface area contributed by atoms with Gasteiger partial charge in [-0.1, -0.05) is 40.0 Å². The maximum atomic E-state index is 3.98. The number of rotatable bonds is 2. The lowest BCUT2D eigenvalue weighted by Gasteiger charge is -2.38. The molecule has 1 aliphatic heterocycles. The summed E-state index contributed by atoms with van der Waals surface area (Å²) in [5, 5.41) is 3.98. The predicted molar refractivity (Wildman–Crippen MR) is 78.7 cm³/mol. The minimum absolute atomic E-state index is 0.536. The summed E-state index contributed by atoms with van der Waals surface area (Å²) in [5.41, 5.74) is 0.536. The second-order valence-electron chi connectivity index (χ2n) is 6.97. The molecule has 0 spiro atoms. The quantitative estimate of drug-likeness (QED) is 0.746. The lowest BCUT2D eigenvalue weighted by Crippen LogP contribution is -2.47. The van der Waals surface area contributed by atoms with Crippen molar-refractivity contribution in [1.82, 2.24) is 5.32 Å². The SMILES string of the molecule is CC1CCCCCC1NC1CSCC(C)(C)C1. The molecule has 1 saturated heterocycles. The van der Waals surface area contributed by atoms with Crippen molar-refractivity contribution in [2.45, 2.75) is 71.4 Å². The first-order valence-corrected chi connectivity index (χ1v) is 8.56. The van der Waals surface area contributed by atoms with E-state index in [2.05, 4.69) is 37.8 Å². The zero-order valence-corrected chi connectivity index (χ0v) is 12.6. The molecular weight excluding hydrogens is 226 g/mol. The van der Waals surface area contributed by atoms with E-state index in [0.717, 1.165) is 18.0 Å². The standard InChI is InChI=1S/C15H29NS/c1-12-7-5-4-6-8-14(12)16-13-9-15(2,3)11-17-10-13/h12-14,16H,4-11H2,1-3H3. The predicted octanol–water partition coefficient (Wildman–Crippen LogP) is 4.08. The van der Waals surface area contributed by atoms with Gasteiger partial charge in [-0.3, -0.25) is 0 Å². The van der Waals surface area contributed by atoms with Crippen LogP contribution in [0.25, 0.3) is 0 Å². The van der Waals surface area contributed by atoms with Gasteiger partial charge in [0.05, 0.1) is 0 Å². The molecule has 17 heavy (non-hydrogen) atoms. The van der Waals surface area contributed by atoms with Gasteiger partial charge in [-0.05, 0) is 36.3 Å². The first kappa shape index (κ1) is 13.7. The number of thioether (sulfide) groups is 1. The van der Waals surface area contributed by atoms with Crippen LogP contribution in [0.3, 0.4) is 0 Å². The molecule has 100 valence electrons. The largest absolute Gasteiger partial charge is 0.310 e. The molecule has 2 heteroatoms. The van der Waals surface area contributed by atoms with Crippen molar-refractivity contribution in [2.75, 3.05) is 11.5 Å². The Kier molecular flexibility index (Phi) is 4.82. The summed E-state index contributed by atoms with van der Waals surface area (Å²) < 4.78 is 0. The van der Waals surface area contributed by atoms with Crippen molar-refractivity contribution in [2.24, 2.45) is 11.3 Å². The monoisotopic (exact) mass is 255 g/mol. The third-order valence-electron chi connectivity index (χ3n) is 4.42. The van der Waals surface area contributed by atoms with E-state index in [4.69, 9.17) is 0 Å². The fraction of sp³-hybridized carbons (Fsp3) is 1.00. The highest BCUT2D eigenvalue weighted by atomic mass is 32.2. The molecule has 3 atom stereocenters. The maximum Gasteiger partial charge on any atom is 0.0166 e. The Balaban J connectivity index is 1.86. The van der Waals surface area contributed by atoms with Crippen LogP contribution in [0.4, 0.5) is 0 Å². The van der Waals surface area contributed by atoms with Crippen LogP contribution in [0.2, 0.25) is 0 Å². The maximum absolute atomic E-state index is 3.98. The summed E-state index contributed by atoms with van der Waals surface area (Å²) in [5.74, 6) is 3.55. The van der Waals surface area contributed by atoms with Crippen molar-refractivity contribution in [1.29, 1.82) is 0 Å². The van der Waals surface area contributed by atoms with Gasteiger partial charge in [0, 0.05) is 17.8 Å². The summed E-state index contributed by atoms with van der Waals surface area (Å²) in [4.78, 5) is 0. The zero-order valence-electron chi connectivity index (χ0n) is 11.8. The highest BCUT2D eigenvalue weighted by Crippen LogP contribution is 2.34. The lowest BCUT2D eigenvalue weighted by atomic mass is 9.86. The van der Waals surface area contributed by atoms with Crippen LogP contribution in [0.5, 0.6) is 0 Å². The summed E-state index contributed by atoms with van der Waals surface area (Å²) in [6.07, 6.45) is 8.54. The van der Waals surface area contributed by atoms with Crippen LogP contribution in [-0.4, -0.2) is 23.6 Å². The molecule has 0 aromatic rings. The van der Waals surface area contributed by atoms with Crippen molar-refractivity contribution in [3.8, 4) is 0 Å². The highest BCUT2D eigenvalue weighted by molar-refractivity contribution is 7.99. The molecular formula is C15H29NS. The lowest BCUT2D eigenvalue weighted by molar-refractivity contribution is 0.265. The third-order valence-corrected chi connectivity index (χ3v) is 6.05. The Morgan fingerprint density at radius 3 is 2.65 bits per heavy atom. The fourth-order valence-electron chi connectivity index (χ4n) is 3.41. The van der Waals surface area contributed by atoms with Gasteiger partial charge in [0.15, 0.2) is 0 Å². The Hall–Kier alpha value is 0.310. The van der Waals surface area contributed by atoms with Crippen LogP contribution in [0.1, 0.15) is 59.3 Å². The van der Waals surface area contributed by atoms with Crippen LogP contribution >= 0.6 is 11.8 Å². The molecule has 0 radical (unpaired) electrons. The molecule has 1 aliphatic carbocycles. The van der Waals surface area contributed by atoms with Gasteiger partial charge in [-0.25, -0.2) is 0 Å². The summed E-state index contributed by atoms with van der Waals surface area (Å²) in [7, 11) is 0. The van der Waals surface area contributed by atoms with E-state index < -0.39 is 0 Å². The minimum atomic E-state index is 0.536. The van der Waals surface area contributed by atoms with E-state index in [0.29, 0.717) is 5.41 Å². The van der Waals surface area contributed by atoms with Crippen molar-refractivity contribution >= 4 is 11.8 Å². The van der Waals surface area contributed by atoms with E-state index in [1.807, 2.05) is 0 Å². The molecule has 2 fully saturated rings. The van der Waals surface area contributed by atoms with Crippen molar-refractivity contribution < 1.29 is 0 Å². The molecule has 3 unspecified atom stereocenters. The van der Waals surface area contributed by atoms with Gasteiger partial charge in [-0.15, -0.1) is 0 Å². The Labute approximate surface area is 112 Å². The second-order valence-corrected chi connectivity index (χ2v) is 8.00. The van der Waals surface area contributed by atoms with Crippen LogP contribution in [-0.2, 0) is 0 Å². The molecule has 1 saturated carbocycles. The van der Waals surface area contributed by atoms with Crippen LogP contribution in [0, 0.1) is 11.3 Å². The molecule has 2 aliphatic rings. The van der Waals surface area contributed by atoms with Crippen molar-refractivity contribution in [3.05, 3.63) is 0 Å². The van der Waals surface area contributed by atoms with Gasteiger partial charge in [0.2, 0.25) is 0 Å². The number of hydrogen-bond donors (Lipinski definition) is 1. The average molecular weight is 255 g/mol. The summed E-state index contributed by atoms with van der Waals surface area (Å²) >= 11 is 2.14. The van der Waals surface area contributed by atoms with Gasteiger partial charge >= 0.3 is 0 Å². The van der Waals surface area contributed by atoms with Gasteiger partial charge in [0.25, 0.3) is 0 Å². The second kappa shape index (κ2) is 5.97. The fourth-order valence-corrected chi connectivity index (χ4v) is 4.70. The molecule has 0 aromatic heterocycles. The summed E-state index contributed by atoms with van der Waals surface area (Å²) in [6, 6.07) is 1.55.